The molecule has 1 fully saturated rings. The van der Waals surface area contributed by atoms with Crippen LogP contribution in [0.15, 0.2) is 48.5 Å². The topological polar surface area (TPSA) is 87.3 Å². The smallest absolute Gasteiger partial charge is 0.227 e. The number of benzene rings is 2. The Balaban J connectivity index is 1.47. The number of aromatic nitrogens is 2. The van der Waals surface area contributed by atoms with Crippen molar-refractivity contribution in [2.75, 3.05) is 30.6 Å². The van der Waals surface area contributed by atoms with Gasteiger partial charge in [0.25, 0.3) is 0 Å². The van der Waals surface area contributed by atoms with Crippen LogP contribution < -0.4 is 15.0 Å². The molecule has 7 nitrogen and oxygen atoms in total. The number of thioether (sulfide) groups is 1. The van der Waals surface area contributed by atoms with Crippen LogP contribution >= 0.6 is 11.8 Å². The molecular formula is C23H26N4O3S. The number of H-pyrrole nitrogens is 1. The van der Waals surface area contributed by atoms with Gasteiger partial charge in [0.2, 0.25) is 11.8 Å². The molecule has 0 aliphatic carbocycles. The van der Waals surface area contributed by atoms with Gasteiger partial charge >= 0.3 is 0 Å². The minimum Gasteiger partial charge on any atom is -0.497 e. The maximum absolute atomic E-state index is 13.1. The normalized spacial score (nSPS) is 17.2. The van der Waals surface area contributed by atoms with Gasteiger partial charge in [0.05, 0.1) is 30.1 Å². The number of imidazole rings is 1. The summed E-state index contributed by atoms with van der Waals surface area (Å²) in [6.45, 7) is 0.367. The van der Waals surface area contributed by atoms with Gasteiger partial charge in [0.15, 0.2) is 0 Å². The number of carbonyl (C=O) groups is 2. The van der Waals surface area contributed by atoms with Gasteiger partial charge in [-0.05, 0) is 54.8 Å². The van der Waals surface area contributed by atoms with Crippen molar-refractivity contribution in [2.24, 2.45) is 5.92 Å². The van der Waals surface area contributed by atoms with Crippen molar-refractivity contribution in [3.63, 3.8) is 0 Å². The molecular weight excluding hydrogens is 412 g/mol. The van der Waals surface area contributed by atoms with E-state index in [-0.39, 0.29) is 24.3 Å². The van der Waals surface area contributed by atoms with Gasteiger partial charge < -0.3 is 19.9 Å². The second kappa shape index (κ2) is 9.43. The first-order chi connectivity index (χ1) is 15.1. The van der Waals surface area contributed by atoms with Crippen LogP contribution in [0.1, 0.15) is 24.7 Å². The lowest BCUT2D eigenvalue weighted by molar-refractivity contribution is -0.127. The molecule has 0 spiro atoms. The van der Waals surface area contributed by atoms with E-state index < -0.39 is 5.92 Å². The van der Waals surface area contributed by atoms with Crippen LogP contribution in [-0.4, -0.2) is 47.4 Å². The summed E-state index contributed by atoms with van der Waals surface area (Å²) in [5.74, 6) is 1.82. The SMILES string of the molecule is COc1ccc(N2C[C@H](C(=O)N[C@H](CCSC)c3nc4ccccc4[nH]3)CC2=O)cc1. The van der Waals surface area contributed by atoms with Gasteiger partial charge in [-0.15, -0.1) is 0 Å². The number of hydrogen-bond acceptors (Lipinski definition) is 5. The molecule has 31 heavy (non-hydrogen) atoms. The van der Waals surface area contributed by atoms with Gasteiger partial charge in [0, 0.05) is 18.7 Å². The molecule has 2 amide bonds. The monoisotopic (exact) mass is 438 g/mol. The summed E-state index contributed by atoms with van der Waals surface area (Å²) in [6, 6.07) is 14.9. The molecule has 4 rings (SSSR count). The van der Waals surface area contributed by atoms with E-state index >= 15 is 0 Å². The number of para-hydroxylation sites is 2. The van der Waals surface area contributed by atoms with E-state index in [0.717, 1.165) is 40.5 Å². The molecule has 0 unspecified atom stereocenters. The van der Waals surface area contributed by atoms with Crippen LogP contribution in [0.4, 0.5) is 5.69 Å². The summed E-state index contributed by atoms with van der Waals surface area (Å²) in [6.07, 6.45) is 3.00. The zero-order valence-electron chi connectivity index (χ0n) is 17.6. The van der Waals surface area contributed by atoms with Gasteiger partial charge in [-0.1, -0.05) is 12.1 Å². The Kier molecular flexibility index (Phi) is 6.46. The van der Waals surface area contributed by atoms with Gasteiger partial charge in [-0.2, -0.15) is 11.8 Å². The highest BCUT2D eigenvalue weighted by molar-refractivity contribution is 7.98. The number of ether oxygens (including phenoxy) is 1. The number of fused-ring (bicyclic) bond motifs is 1. The van der Waals surface area contributed by atoms with Gasteiger partial charge in [-0.3, -0.25) is 9.59 Å². The first-order valence-electron chi connectivity index (χ1n) is 10.3. The number of hydrogen-bond donors (Lipinski definition) is 2. The van der Waals surface area contributed by atoms with Crippen LogP contribution in [0.2, 0.25) is 0 Å². The Bertz CT molecular complexity index is 1030. The summed E-state index contributed by atoms with van der Waals surface area (Å²) in [5, 5.41) is 3.14. The number of methoxy groups -OCH3 is 1. The molecule has 0 saturated carbocycles. The fraction of sp³-hybridized carbons (Fsp3) is 0.348. The first kappa shape index (κ1) is 21.2. The molecule has 2 aromatic carbocycles. The number of nitrogens with one attached hydrogen (secondary N) is 2. The molecule has 3 aromatic rings. The summed E-state index contributed by atoms with van der Waals surface area (Å²) in [4.78, 5) is 35.3. The molecule has 1 saturated heterocycles. The van der Waals surface area contributed by atoms with Crippen molar-refractivity contribution >= 4 is 40.3 Å². The van der Waals surface area contributed by atoms with E-state index in [1.165, 1.54) is 0 Å². The summed E-state index contributed by atoms with van der Waals surface area (Å²) in [5.41, 5.74) is 2.60. The van der Waals surface area contributed by atoms with E-state index in [9.17, 15) is 9.59 Å². The standard InChI is InChI=1S/C23H26N4O3S/c1-30-17-9-7-16(8-10-17)27-14-15(13-21(27)28)23(29)26-20(11-12-31-2)22-24-18-5-3-4-6-19(18)25-22/h3-10,15,20H,11-14H2,1-2H3,(H,24,25)(H,26,29)/t15-,20-/m1/s1. The first-order valence-corrected chi connectivity index (χ1v) is 11.7. The zero-order valence-corrected chi connectivity index (χ0v) is 18.4. The number of aromatic amines is 1. The van der Waals surface area contributed by atoms with E-state index in [1.807, 2.05) is 54.8 Å². The van der Waals surface area contributed by atoms with Crippen LogP contribution in [0.3, 0.4) is 0 Å². The average Bonchev–Trinajstić information content (AvgIpc) is 3.40. The quantitative estimate of drug-likeness (QED) is 0.562. The molecule has 2 N–H and O–H groups in total. The number of amides is 2. The zero-order chi connectivity index (χ0) is 21.8. The Morgan fingerprint density at radius 3 is 2.77 bits per heavy atom. The number of anilines is 1. The van der Waals surface area contributed by atoms with E-state index in [1.54, 1.807) is 23.8 Å². The number of carbonyl (C=O) groups excluding carboxylic acids is 2. The lowest BCUT2D eigenvalue weighted by Crippen LogP contribution is -2.36. The molecule has 2 heterocycles. The highest BCUT2D eigenvalue weighted by Gasteiger charge is 2.36. The van der Waals surface area contributed by atoms with Crippen molar-refractivity contribution in [1.82, 2.24) is 15.3 Å². The van der Waals surface area contributed by atoms with Crippen LogP contribution in [-0.2, 0) is 9.59 Å². The van der Waals surface area contributed by atoms with Crippen LogP contribution in [0.25, 0.3) is 11.0 Å². The van der Waals surface area contributed by atoms with E-state index in [0.29, 0.717) is 6.54 Å². The second-order valence-corrected chi connectivity index (χ2v) is 8.57. The average molecular weight is 439 g/mol. The third-order valence-corrected chi connectivity index (χ3v) is 6.19. The van der Waals surface area contributed by atoms with Gasteiger partial charge in [0.1, 0.15) is 11.6 Å². The maximum atomic E-state index is 13.1. The third-order valence-electron chi connectivity index (χ3n) is 5.54. The van der Waals surface area contributed by atoms with Crippen molar-refractivity contribution in [3.8, 4) is 5.75 Å². The lowest BCUT2D eigenvalue weighted by Gasteiger charge is -2.20. The van der Waals surface area contributed by atoms with Crippen molar-refractivity contribution in [3.05, 3.63) is 54.4 Å². The maximum Gasteiger partial charge on any atom is 0.227 e. The Labute approximate surface area is 185 Å². The molecule has 1 aromatic heterocycles. The molecule has 2 atom stereocenters. The largest absolute Gasteiger partial charge is 0.497 e. The Morgan fingerprint density at radius 1 is 1.29 bits per heavy atom. The minimum absolute atomic E-state index is 0.0466. The predicted octanol–water partition coefficient (Wildman–Crippen LogP) is 3.54. The highest BCUT2D eigenvalue weighted by Crippen LogP contribution is 2.28. The van der Waals surface area contributed by atoms with E-state index in [2.05, 4.69) is 15.3 Å². The molecule has 1 aliphatic heterocycles. The molecule has 0 radical (unpaired) electrons. The van der Waals surface area contributed by atoms with Crippen molar-refractivity contribution in [2.45, 2.75) is 18.9 Å². The Hall–Kier alpha value is -3.00. The summed E-state index contributed by atoms with van der Waals surface area (Å²) >= 11 is 1.73. The van der Waals surface area contributed by atoms with E-state index in [4.69, 9.17) is 4.74 Å². The van der Waals surface area contributed by atoms with Crippen molar-refractivity contribution < 1.29 is 14.3 Å². The molecule has 162 valence electrons. The van der Waals surface area contributed by atoms with Crippen molar-refractivity contribution in [1.29, 1.82) is 0 Å². The lowest BCUT2D eigenvalue weighted by atomic mass is 10.1. The fourth-order valence-corrected chi connectivity index (χ4v) is 4.31. The predicted molar refractivity (Wildman–Crippen MR) is 123 cm³/mol. The van der Waals surface area contributed by atoms with Gasteiger partial charge in [-0.25, -0.2) is 4.98 Å². The molecule has 1 aliphatic rings. The van der Waals surface area contributed by atoms with Crippen LogP contribution in [0.5, 0.6) is 5.75 Å². The van der Waals surface area contributed by atoms with Crippen LogP contribution in [0, 0.1) is 5.92 Å². The molecule has 0 bridgehead atoms. The minimum atomic E-state index is -0.393. The third kappa shape index (κ3) is 4.69. The number of rotatable bonds is 8. The second-order valence-electron chi connectivity index (χ2n) is 7.59. The molecule has 8 heteroatoms. The summed E-state index contributed by atoms with van der Waals surface area (Å²) < 4.78 is 5.18. The highest BCUT2D eigenvalue weighted by atomic mass is 32.2. The Morgan fingerprint density at radius 2 is 2.06 bits per heavy atom. The summed E-state index contributed by atoms with van der Waals surface area (Å²) in [7, 11) is 1.60. The fourth-order valence-electron chi connectivity index (χ4n) is 3.83. The number of nitrogens with zero attached hydrogens (tertiary/aromatic N) is 2.